The molecular weight excluding hydrogens is 281 g/mol. The van der Waals surface area contributed by atoms with Gasteiger partial charge in [0.05, 0.1) is 5.56 Å². The van der Waals surface area contributed by atoms with Gasteiger partial charge in [0.1, 0.15) is 11.5 Å². The first kappa shape index (κ1) is 15.1. The van der Waals surface area contributed by atoms with Gasteiger partial charge in [-0.25, -0.2) is 0 Å². The zero-order chi connectivity index (χ0) is 15.6. The molecule has 0 unspecified atom stereocenters. The van der Waals surface area contributed by atoms with E-state index in [2.05, 4.69) is 0 Å². The van der Waals surface area contributed by atoms with Crippen LogP contribution >= 0.6 is 0 Å². The fraction of sp³-hybridized carbons (Fsp3) is 0.188. The van der Waals surface area contributed by atoms with Crippen LogP contribution in [0.3, 0.4) is 0 Å². The molecule has 0 aliphatic rings. The molecule has 2 nitrogen and oxygen atoms in total. The number of aryl methyl sites for hydroxylation is 2. The van der Waals surface area contributed by atoms with Crippen LogP contribution in [-0.4, -0.2) is 6.29 Å². The molecule has 110 valence electrons. The highest BCUT2D eigenvalue weighted by atomic mass is 19.4. The van der Waals surface area contributed by atoms with E-state index in [0.717, 1.165) is 23.3 Å². The van der Waals surface area contributed by atoms with Gasteiger partial charge in [-0.3, -0.25) is 4.79 Å². The van der Waals surface area contributed by atoms with Crippen LogP contribution < -0.4 is 4.74 Å². The van der Waals surface area contributed by atoms with Gasteiger partial charge in [-0.1, -0.05) is 6.07 Å². The molecule has 21 heavy (non-hydrogen) atoms. The maximum Gasteiger partial charge on any atom is 0.417 e. The van der Waals surface area contributed by atoms with Crippen molar-refractivity contribution in [2.24, 2.45) is 0 Å². The summed E-state index contributed by atoms with van der Waals surface area (Å²) in [5.41, 5.74) is 0.636. The first-order valence-electron chi connectivity index (χ1n) is 6.23. The van der Waals surface area contributed by atoms with Crippen molar-refractivity contribution in [2.75, 3.05) is 0 Å². The second-order valence-corrected chi connectivity index (χ2v) is 4.71. The van der Waals surface area contributed by atoms with E-state index in [1.165, 1.54) is 6.07 Å². The second kappa shape index (κ2) is 5.60. The molecule has 0 atom stereocenters. The Hall–Kier alpha value is -2.30. The van der Waals surface area contributed by atoms with E-state index >= 15 is 0 Å². The third kappa shape index (κ3) is 3.42. The van der Waals surface area contributed by atoms with Gasteiger partial charge in [0, 0.05) is 5.56 Å². The first-order chi connectivity index (χ1) is 9.81. The Morgan fingerprint density at radius 2 is 1.57 bits per heavy atom. The lowest BCUT2D eigenvalue weighted by Crippen LogP contribution is -2.09. The lowest BCUT2D eigenvalue weighted by molar-refractivity contribution is -0.137. The van der Waals surface area contributed by atoms with Crippen molar-refractivity contribution >= 4 is 6.29 Å². The molecule has 0 bridgehead atoms. The predicted molar refractivity (Wildman–Crippen MR) is 72.8 cm³/mol. The average molecular weight is 294 g/mol. The summed E-state index contributed by atoms with van der Waals surface area (Å²) in [7, 11) is 0. The molecule has 0 amide bonds. The highest BCUT2D eigenvalue weighted by Gasteiger charge is 2.33. The quantitative estimate of drug-likeness (QED) is 0.750. The van der Waals surface area contributed by atoms with Crippen molar-refractivity contribution in [1.82, 2.24) is 0 Å². The Morgan fingerprint density at radius 1 is 0.952 bits per heavy atom. The molecule has 0 radical (unpaired) electrons. The fourth-order valence-electron chi connectivity index (χ4n) is 1.86. The van der Waals surface area contributed by atoms with Gasteiger partial charge in [-0.15, -0.1) is 0 Å². The largest absolute Gasteiger partial charge is 0.457 e. The zero-order valence-electron chi connectivity index (χ0n) is 11.5. The smallest absolute Gasteiger partial charge is 0.417 e. The molecule has 0 aromatic heterocycles. The van der Waals surface area contributed by atoms with E-state index in [0.29, 0.717) is 5.75 Å². The molecule has 2 rings (SSSR count). The summed E-state index contributed by atoms with van der Waals surface area (Å²) in [6.07, 6.45) is -4.42. The lowest BCUT2D eigenvalue weighted by Gasteiger charge is -2.13. The number of benzene rings is 2. The normalized spacial score (nSPS) is 11.3. The SMILES string of the molecule is Cc1ccc(Oc2ccc(C=O)c(C(F)(F)F)c2)cc1C. The minimum Gasteiger partial charge on any atom is -0.457 e. The van der Waals surface area contributed by atoms with Gasteiger partial charge in [-0.05, 0) is 55.3 Å². The summed E-state index contributed by atoms with van der Waals surface area (Å²) < 4.78 is 44.0. The fourth-order valence-corrected chi connectivity index (χ4v) is 1.86. The molecule has 2 aromatic carbocycles. The molecule has 0 N–H and O–H groups in total. The minimum absolute atomic E-state index is 0.0381. The average Bonchev–Trinajstić information content (AvgIpc) is 2.42. The molecule has 0 saturated heterocycles. The first-order valence-corrected chi connectivity index (χ1v) is 6.23. The van der Waals surface area contributed by atoms with Crippen LogP contribution in [0.4, 0.5) is 13.2 Å². The minimum atomic E-state index is -4.60. The van der Waals surface area contributed by atoms with Crippen molar-refractivity contribution in [3.8, 4) is 11.5 Å². The Labute approximate surface area is 120 Å². The molecule has 0 spiro atoms. The van der Waals surface area contributed by atoms with Gasteiger partial charge < -0.3 is 4.74 Å². The summed E-state index contributed by atoms with van der Waals surface area (Å²) in [4.78, 5) is 10.7. The molecule has 5 heteroatoms. The van der Waals surface area contributed by atoms with E-state index in [4.69, 9.17) is 4.74 Å². The van der Waals surface area contributed by atoms with Gasteiger partial charge in [0.2, 0.25) is 0 Å². The second-order valence-electron chi connectivity index (χ2n) is 4.71. The van der Waals surface area contributed by atoms with Crippen molar-refractivity contribution in [3.63, 3.8) is 0 Å². The number of alkyl halides is 3. The van der Waals surface area contributed by atoms with Crippen LogP contribution in [0.5, 0.6) is 11.5 Å². The third-order valence-corrected chi connectivity index (χ3v) is 3.17. The summed E-state index contributed by atoms with van der Waals surface area (Å²) >= 11 is 0. The number of carbonyl (C=O) groups excluding carboxylic acids is 1. The number of hydrogen-bond donors (Lipinski definition) is 0. The van der Waals surface area contributed by atoms with Crippen molar-refractivity contribution in [3.05, 3.63) is 58.7 Å². The van der Waals surface area contributed by atoms with Crippen LogP contribution in [0.15, 0.2) is 36.4 Å². The van der Waals surface area contributed by atoms with E-state index < -0.39 is 17.3 Å². The van der Waals surface area contributed by atoms with Gasteiger partial charge in [0.25, 0.3) is 0 Å². The molecule has 0 fully saturated rings. The molecule has 0 saturated carbocycles. The van der Waals surface area contributed by atoms with Crippen LogP contribution in [0.2, 0.25) is 0 Å². The van der Waals surface area contributed by atoms with Crippen molar-refractivity contribution < 1.29 is 22.7 Å². The number of hydrogen-bond acceptors (Lipinski definition) is 2. The summed E-state index contributed by atoms with van der Waals surface area (Å²) in [6.45, 7) is 3.82. The number of carbonyl (C=O) groups is 1. The summed E-state index contributed by atoms with van der Waals surface area (Å²) in [5.74, 6) is 0.487. The Morgan fingerprint density at radius 3 is 2.14 bits per heavy atom. The maximum absolute atomic E-state index is 12.9. The summed E-state index contributed by atoms with van der Waals surface area (Å²) in [5, 5.41) is 0. The zero-order valence-corrected chi connectivity index (χ0v) is 11.5. The van der Waals surface area contributed by atoms with Gasteiger partial charge >= 0.3 is 6.18 Å². The van der Waals surface area contributed by atoms with E-state index in [1.54, 1.807) is 12.1 Å². The number of halogens is 3. The van der Waals surface area contributed by atoms with Crippen LogP contribution in [-0.2, 0) is 6.18 Å². The molecule has 0 aliphatic carbocycles. The molecule has 0 aliphatic heterocycles. The Balaban J connectivity index is 2.36. The lowest BCUT2D eigenvalue weighted by atomic mass is 10.1. The number of ether oxygens (including phenoxy) is 1. The van der Waals surface area contributed by atoms with Crippen molar-refractivity contribution in [1.29, 1.82) is 0 Å². The van der Waals surface area contributed by atoms with E-state index in [9.17, 15) is 18.0 Å². The van der Waals surface area contributed by atoms with Crippen molar-refractivity contribution in [2.45, 2.75) is 20.0 Å². The highest BCUT2D eigenvalue weighted by molar-refractivity contribution is 5.78. The third-order valence-electron chi connectivity index (χ3n) is 3.17. The predicted octanol–water partition coefficient (Wildman–Crippen LogP) is 4.93. The number of aldehydes is 1. The topological polar surface area (TPSA) is 26.3 Å². The molecule has 2 aromatic rings. The summed E-state index contributed by atoms with van der Waals surface area (Å²) in [6, 6.07) is 8.54. The van der Waals surface area contributed by atoms with Gasteiger partial charge in [-0.2, -0.15) is 13.2 Å². The standard InChI is InChI=1S/C16H13F3O2/c1-10-3-5-13(7-11(10)2)21-14-6-4-12(9-20)15(8-14)16(17,18)19/h3-9H,1-2H3. The monoisotopic (exact) mass is 294 g/mol. The van der Waals surface area contributed by atoms with E-state index in [-0.39, 0.29) is 12.0 Å². The Bertz CT molecular complexity index is 676. The maximum atomic E-state index is 12.9. The highest BCUT2D eigenvalue weighted by Crippen LogP contribution is 2.35. The van der Waals surface area contributed by atoms with Crippen LogP contribution in [0.1, 0.15) is 27.0 Å². The Kier molecular flexibility index (Phi) is 4.02. The van der Waals surface area contributed by atoms with E-state index in [1.807, 2.05) is 19.9 Å². The van der Waals surface area contributed by atoms with Crippen LogP contribution in [0, 0.1) is 13.8 Å². The van der Waals surface area contributed by atoms with Gasteiger partial charge in [0.15, 0.2) is 6.29 Å². The molecule has 0 heterocycles. The molecular formula is C16H13F3O2. The van der Waals surface area contributed by atoms with Crippen LogP contribution in [0.25, 0.3) is 0 Å². The number of rotatable bonds is 3.